The Hall–Kier alpha value is -0.710. The number of hydrazine groups is 1. The lowest BCUT2D eigenvalue weighted by Gasteiger charge is -2.08. The molecule has 2 N–H and O–H groups in total. The molecule has 54 valence electrons. The van der Waals surface area contributed by atoms with Crippen molar-refractivity contribution in [2.45, 2.75) is 12.8 Å². The second kappa shape index (κ2) is 2.72. The van der Waals surface area contributed by atoms with Crippen LogP contribution in [-0.4, -0.2) is 18.9 Å². The predicted octanol–water partition coefficient (Wildman–Crippen LogP) is -0.108. The molecular weight excluding hydrogens is 130 g/mol. The predicted molar refractivity (Wildman–Crippen MR) is 27.8 cm³/mol. The molecule has 0 radical (unpaired) electrons. The number of carbonyl (C=O) groups is 1. The van der Waals surface area contributed by atoms with Gasteiger partial charge in [0, 0.05) is 14.0 Å². The fourth-order valence-corrected chi connectivity index (χ4v) is 0.223. The van der Waals surface area contributed by atoms with Gasteiger partial charge < -0.3 is 0 Å². The normalized spacial score (nSPS) is 11.1. The van der Waals surface area contributed by atoms with Crippen molar-refractivity contribution in [3.63, 3.8) is 0 Å². The van der Waals surface area contributed by atoms with E-state index in [1.54, 1.807) is 5.43 Å². The van der Waals surface area contributed by atoms with E-state index in [2.05, 4.69) is 5.43 Å². The van der Waals surface area contributed by atoms with Gasteiger partial charge in [0.2, 0.25) is 0 Å². The van der Waals surface area contributed by atoms with Crippen molar-refractivity contribution in [2.75, 3.05) is 7.05 Å². The summed E-state index contributed by atoms with van der Waals surface area (Å²) >= 11 is 0. The zero-order chi connectivity index (χ0) is 7.49. The Kier molecular flexibility index (Phi) is 2.51. The third kappa shape index (κ3) is 2.97. The molecule has 0 atom stereocenters. The molecule has 0 heterocycles. The molecule has 0 saturated heterocycles. The molecule has 0 bridgehead atoms. The van der Waals surface area contributed by atoms with Crippen LogP contribution in [0.5, 0.6) is 0 Å². The summed E-state index contributed by atoms with van der Waals surface area (Å²) in [5.41, 5.74) is 3.84. The zero-order valence-electron chi connectivity index (χ0n) is 5.16. The maximum atomic E-state index is 11.9. The van der Waals surface area contributed by atoms with Crippen molar-refractivity contribution in [2.24, 2.45) is 0 Å². The molecule has 0 fully saturated rings. The standard InChI is InChI=1S/C4H8F2N2O/c1-4(5,6)3(9)8-7-2/h7H,1-2H3,(H,8,9). The summed E-state index contributed by atoms with van der Waals surface area (Å²) in [6.07, 6.45) is 0. The van der Waals surface area contributed by atoms with Crippen molar-refractivity contribution in [1.29, 1.82) is 0 Å². The molecule has 0 aromatic rings. The highest BCUT2D eigenvalue weighted by atomic mass is 19.3. The molecule has 0 spiro atoms. The van der Waals surface area contributed by atoms with Crippen LogP contribution >= 0.6 is 0 Å². The molecule has 0 aromatic carbocycles. The van der Waals surface area contributed by atoms with E-state index in [0.717, 1.165) is 0 Å². The van der Waals surface area contributed by atoms with Gasteiger partial charge in [0.1, 0.15) is 0 Å². The number of rotatable bonds is 2. The second-order valence-electron chi connectivity index (χ2n) is 1.59. The maximum Gasteiger partial charge on any atom is 0.323 e. The van der Waals surface area contributed by atoms with Crippen LogP contribution in [0.4, 0.5) is 8.78 Å². The summed E-state index contributed by atoms with van der Waals surface area (Å²) in [5, 5.41) is 0. The number of hydrogen-bond donors (Lipinski definition) is 2. The van der Waals surface area contributed by atoms with Gasteiger partial charge >= 0.3 is 11.8 Å². The number of hydrogen-bond acceptors (Lipinski definition) is 2. The zero-order valence-corrected chi connectivity index (χ0v) is 5.16. The van der Waals surface area contributed by atoms with Crippen LogP contribution < -0.4 is 10.9 Å². The van der Waals surface area contributed by atoms with E-state index < -0.39 is 11.8 Å². The number of nitrogens with one attached hydrogen (secondary N) is 2. The molecule has 0 aliphatic carbocycles. The quantitative estimate of drug-likeness (QED) is 0.523. The highest BCUT2D eigenvalue weighted by Gasteiger charge is 2.31. The van der Waals surface area contributed by atoms with Gasteiger partial charge in [-0.15, -0.1) is 0 Å². The van der Waals surface area contributed by atoms with Crippen LogP contribution in [0.25, 0.3) is 0 Å². The van der Waals surface area contributed by atoms with Crippen LogP contribution in [0.2, 0.25) is 0 Å². The molecule has 3 nitrogen and oxygen atoms in total. The fraction of sp³-hybridized carbons (Fsp3) is 0.750. The number of carbonyl (C=O) groups excluding carboxylic acids is 1. The van der Waals surface area contributed by atoms with Crippen molar-refractivity contribution in [1.82, 2.24) is 10.9 Å². The topological polar surface area (TPSA) is 41.1 Å². The first-order chi connectivity index (χ1) is 3.98. The lowest BCUT2D eigenvalue weighted by atomic mass is 10.4. The van der Waals surface area contributed by atoms with E-state index in [4.69, 9.17) is 0 Å². The monoisotopic (exact) mass is 138 g/mol. The Morgan fingerprint density at radius 1 is 1.56 bits per heavy atom. The van der Waals surface area contributed by atoms with Gasteiger partial charge in [-0.2, -0.15) is 8.78 Å². The van der Waals surface area contributed by atoms with Crippen molar-refractivity contribution in [3.8, 4) is 0 Å². The summed E-state index contributed by atoms with van der Waals surface area (Å²) in [7, 11) is 1.34. The van der Waals surface area contributed by atoms with E-state index in [1.807, 2.05) is 0 Å². The molecule has 0 aliphatic rings. The smallest absolute Gasteiger partial charge is 0.287 e. The van der Waals surface area contributed by atoms with Gasteiger partial charge in [-0.05, 0) is 0 Å². The highest BCUT2D eigenvalue weighted by molar-refractivity contribution is 5.82. The minimum atomic E-state index is -3.30. The third-order valence-corrected chi connectivity index (χ3v) is 0.637. The molecule has 0 aromatic heterocycles. The Balaban J connectivity index is 3.74. The Labute approximate surface area is 51.4 Å². The van der Waals surface area contributed by atoms with Gasteiger partial charge in [0.15, 0.2) is 0 Å². The molecule has 0 unspecified atom stereocenters. The van der Waals surface area contributed by atoms with Crippen molar-refractivity contribution < 1.29 is 13.6 Å². The van der Waals surface area contributed by atoms with Gasteiger partial charge in [-0.3, -0.25) is 10.2 Å². The Bertz CT molecular complexity index is 110. The second-order valence-corrected chi connectivity index (χ2v) is 1.59. The molecule has 1 amide bonds. The lowest BCUT2D eigenvalue weighted by molar-refractivity contribution is -0.143. The van der Waals surface area contributed by atoms with Crippen LogP contribution in [0, 0.1) is 0 Å². The summed E-state index contributed by atoms with van der Waals surface area (Å²) in [4.78, 5) is 10.1. The number of halogens is 2. The first kappa shape index (κ1) is 8.29. The minimum Gasteiger partial charge on any atom is -0.287 e. The van der Waals surface area contributed by atoms with Crippen molar-refractivity contribution in [3.05, 3.63) is 0 Å². The van der Waals surface area contributed by atoms with E-state index >= 15 is 0 Å². The Morgan fingerprint density at radius 2 is 2.00 bits per heavy atom. The van der Waals surface area contributed by atoms with Crippen LogP contribution in [0.15, 0.2) is 0 Å². The van der Waals surface area contributed by atoms with Gasteiger partial charge in [0.05, 0.1) is 0 Å². The first-order valence-electron chi connectivity index (χ1n) is 2.33. The van der Waals surface area contributed by atoms with E-state index in [0.29, 0.717) is 6.92 Å². The van der Waals surface area contributed by atoms with Crippen LogP contribution in [0.1, 0.15) is 6.92 Å². The number of amides is 1. The average molecular weight is 138 g/mol. The highest BCUT2D eigenvalue weighted by Crippen LogP contribution is 2.09. The van der Waals surface area contributed by atoms with E-state index in [9.17, 15) is 13.6 Å². The summed E-state index contributed by atoms with van der Waals surface area (Å²) < 4.78 is 23.7. The lowest BCUT2D eigenvalue weighted by Crippen LogP contribution is -2.43. The third-order valence-electron chi connectivity index (χ3n) is 0.637. The van der Waals surface area contributed by atoms with Gasteiger partial charge in [-0.1, -0.05) is 0 Å². The summed E-state index contributed by atoms with van der Waals surface area (Å²) in [6, 6.07) is 0. The Morgan fingerprint density at radius 3 is 2.11 bits per heavy atom. The molecule has 0 saturated carbocycles. The van der Waals surface area contributed by atoms with Gasteiger partial charge in [0.25, 0.3) is 0 Å². The summed E-state index contributed by atoms with van der Waals surface area (Å²) in [6.45, 7) is 0.527. The van der Waals surface area contributed by atoms with Crippen LogP contribution in [-0.2, 0) is 4.79 Å². The average Bonchev–Trinajstić information content (AvgIpc) is 1.64. The SMILES string of the molecule is CNNC(=O)C(C)(F)F. The summed E-state index contributed by atoms with van der Waals surface area (Å²) in [5.74, 6) is -4.63. The molecule has 0 rings (SSSR count). The molecule has 5 heteroatoms. The molecular formula is C4H8F2N2O. The van der Waals surface area contributed by atoms with E-state index in [-0.39, 0.29) is 0 Å². The van der Waals surface area contributed by atoms with Crippen molar-refractivity contribution >= 4 is 5.91 Å². The first-order valence-corrected chi connectivity index (χ1v) is 2.33. The number of alkyl halides is 2. The largest absolute Gasteiger partial charge is 0.323 e. The van der Waals surface area contributed by atoms with E-state index in [1.165, 1.54) is 7.05 Å². The molecule has 9 heavy (non-hydrogen) atoms. The molecule has 0 aliphatic heterocycles. The van der Waals surface area contributed by atoms with Gasteiger partial charge in [-0.25, -0.2) is 5.43 Å². The fourth-order valence-electron chi connectivity index (χ4n) is 0.223. The minimum absolute atomic E-state index is 0.527. The maximum absolute atomic E-state index is 11.9. The van der Waals surface area contributed by atoms with Crippen LogP contribution in [0.3, 0.4) is 0 Å².